The summed E-state index contributed by atoms with van der Waals surface area (Å²) < 4.78 is 6.55. The summed E-state index contributed by atoms with van der Waals surface area (Å²) in [6.45, 7) is 2.84. The Morgan fingerprint density at radius 2 is 2.38 bits per heavy atom. The first kappa shape index (κ1) is 12.1. The molecule has 1 aromatic heterocycles. The van der Waals surface area contributed by atoms with Gasteiger partial charge in [-0.15, -0.1) is 0 Å². The van der Waals surface area contributed by atoms with Gasteiger partial charge in [-0.1, -0.05) is 6.42 Å². The lowest BCUT2D eigenvalue weighted by molar-refractivity contribution is 0.124. The zero-order valence-electron chi connectivity index (χ0n) is 9.49. The number of halogens is 1. The SMILES string of the molecule is NCCC1CCCCN1Cc1occc1Br. The summed E-state index contributed by atoms with van der Waals surface area (Å²) in [5.41, 5.74) is 5.67. The lowest BCUT2D eigenvalue weighted by Gasteiger charge is -2.35. The monoisotopic (exact) mass is 286 g/mol. The second-order valence-electron chi connectivity index (χ2n) is 4.39. The third kappa shape index (κ3) is 2.87. The Hall–Kier alpha value is -0.320. The van der Waals surface area contributed by atoms with Crippen molar-refractivity contribution in [3.8, 4) is 0 Å². The van der Waals surface area contributed by atoms with Crippen LogP contribution < -0.4 is 5.73 Å². The molecule has 1 fully saturated rings. The van der Waals surface area contributed by atoms with Gasteiger partial charge in [0.1, 0.15) is 5.76 Å². The second-order valence-corrected chi connectivity index (χ2v) is 5.24. The number of hydrogen-bond acceptors (Lipinski definition) is 3. The van der Waals surface area contributed by atoms with Gasteiger partial charge >= 0.3 is 0 Å². The molecular formula is C12H19BrN2O. The van der Waals surface area contributed by atoms with Crippen molar-refractivity contribution in [2.24, 2.45) is 5.73 Å². The molecule has 2 N–H and O–H groups in total. The van der Waals surface area contributed by atoms with Crippen molar-refractivity contribution in [3.63, 3.8) is 0 Å². The molecule has 1 aliphatic heterocycles. The number of piperidine rings is 1. The van der Waals surface area contributed by atoms with Crippen molar-refractivity contribution in [1.82, 2.24) is 4.90 Å². The molecule has 1 atom stereocenters. The topological polar surface area (TPSA) is 42.4 Å². The zero-order valence-corrected chi connectivity index (χ0v) is 11.1. The van der Waals surface area contributed by atoms with E-state index in [1.165, 1.54) is 19.3 Å². The lowest BCUT2D eigenvalue weighted by Crippen LogP contribution is -2.40. The largest absolute Gasteiger partial charge is 0.467 e. The highest BCUT2D eigenvalue weighted by Gasteiger charge is 2.23. The quantitative estimate of drug-likeness (QED) is 0.926. The van der Waals surface area contributed by atoms with E-state index in [1.54, 1.807) is 6.26 Å². The number of nitrogens with two attached hydrogens (primary N) is 1. The first-order chi connectivity index (χ1) is 7.81. The third-order valence-corrected chi connectivity index (χ3v) is 3.99. The fraction of sp³-hybridized carbons (Fsp3) is 0.667. The highest BCUT2D eigenvalue weighted by Crippen LogP contribution is 2.25. The van der Waals surface area contributed by atoms with Gasteiger partial charge in [-0.05, 0) is 54.3 Å². The molecular weight excluding hydrogens is 268 g/mol. The molecule has 4 heteroatoms. The van der Waals surface area contributed by atoms with E-state index < -0.39 is 0 Å². The molecule has 0 radical (unpaired) electrons. The van der Waals surface area contributed by atoms with E-state index in [9.17, 15) is 0 Å². The van der Waals surface area contributed by atoms with E-state index in [0.717, 1.165) is 36.3 Å². The van der Waals surface area contributed by atoms with E-state index >= 15 is 0 Å². The van der Waals surface area contributed by atoms with E-state index in [0.29, 0.717) is 6.04 Å². The molecule has 1 aliphatic rings. The minimum atomic E-state index is 0.635. The lowest BCUT2D eigenvalue weighted by atomic mass is 9.99. The Labute approximate surface area is 105 Å². The summed E-state index contributed by atoms with van der Waals surface area (Å²) >= 11 is 3.51. The maximum atomic E-state index is 5.67. The smallest absolute Gasteiger partial charge is 0.131 e. The van der Waals surface area contributed by atoms with E-state index in [4.69, 9.17) is 10.2 Å². The van der Waals surface area contributed by atoms with Crippen LogP contribution in [0.5, 0.6) is 0 Å². The number of likely N-dealkylation sites (tertiary alicyclic amines) is 1. The van der Waals surface area contributed by atoms with Crippen LogP contribution in [0.1, 0.15) is 31.4 Å². The van der Waals surface area contributed by atoms with Crippen LogP contribution in [0.25, 0.3) is 0 Å². The predicted octanol–water partition coefficient (Wildman–Crippen LogP) is 2.75. The first-order valence-electron chi connectivity index (χ1n) is 5.97. The van der Waals surface area contributed by atoms with Crippen LogP contribution in [0.2, 0.25) is 0 Å². The Balaban J connectivity index is 1.98. The first-order valence-corrected chi connectivity index (χ1v) is 6.76. The number of furan rings is 1. The molecule has 90 valence electrons. The predicted molar refractivity (Wildman–Crippen MR) is 68.1 cm³/mol. The highest BCUT2D eigenvalue weighted by atomic mass is 79.9. The van der Waals surface area contributed by atoms with Crippen LogP contribution in [-0.4, -0.2) is 24.0 Å². The van der Waals surface area contributed by atoms with Gasteiger partial charge in [-0.25, -0.2) is 0 Å². The maximum Gasteiger partial charge on any atom is 0.131 e. The van der Waals surface area contributed by atoms with Crippen molar-refractivity contribution < 1.29 is 4.42 Å². The van der Waals surface area contributed by atoms with Crippen molar-refractivity contribution in [1.29, 1.82) is 0 Å². The Bertz CT molecular complexity index is 325. The molecule has 16 heavy (non-hydrogen) atoms. The summed E-state index contributed by atoms with van der Waals surface area (Å²) in [5.74, 6) is 1.03. The molecule has 0 bridgehead atoms. The summed E-state index contributed by atoms with van der Waals surface area (Å²) in [6.07, 6.45) is 6.73. The maximum absolute atomic E-state index is 5.67. The molecule has 0 spiro atoms. The van der Waals surface area contributed by atoms with E-state index in [1.807, 2.05) is 6.07 Å². The second kappa shape index (κ2) is 5.84. The van der Waals surface area contributed by atoms with Crippen molar-refractivity contribution in [3.05, 3.63) is 22.6 Å². The average Bonchev–Trinajstić information content (AvgIpc) is 2.68. The van der Waals surface area contributed by atoms with Gasteiger partial charge < -0.3 is 10.2 Å². The van der Waals surface area contributed by atoms with E-state index in [-0.39, 0.29) is 0 Å². The van der Waals surface area contributed by atoms with E-state index in [2.05, 4.69) is 20.8 Å². The molecule has 0 saturated carbocycles. The molecule has 0 aliphatic carbocycles. The molecule has 2 rings (SSSR count). The van der Waals surface area contributed by atoms with Crippen LogP contribution in [0.4, 0.5) is 0 Å². The fourth-order valence-electron chi connectivity index (χ4n) is 2.41. The fourth-order valence-corrected chi connectivity index (χ4v) is 2.74. The van der Waals surface area contributed by atoms with Crippen LogP contribution >= 0.6 is 15.9 Å². The van der Waals surface area contributed by atoms with Gasteiger partial charge in [0.2, 0.25) is 0 Å². The van der Waals surface area contributed by atoms with Gasteiger partial charge in [0.25, 0.3) is 0 Å². The molecule has 2 heterocycles. The minimum Gasteiger partial charge on any atom is -0.467 e. The average molecular weight is 287 g/mol. The van der Waals surface area contributed by atoms with Gasteiger partial charge in [0.05, 0.1) is 17.3 Å². The van der Waals surface area contributed by atoms with Gasteiger partial charge in [0, 0.05) is 6.04 Å². The molecule has 0 aromatic carbocycles. The summed E-state index contributed by atoms with van der Waals surface area (Å²) in [5, 5.41) is 0. The summed E-state index contributed by atoms with van der Waals surface area (Å²) in [7, 11) is 0. The normalized spacial score (nSPS) is 22.5. The minimum absolute atomic E-state index is 0.635. The Kier molecular flexibility index (Phi) is 4.44. The Morgan fingerprint density at radius 1 is 1.50 bits per heavy atom. The molecule has 3 nitrogen and oxygen atoms in total. The number of rotatable bonds is 4. The standard InChI is InChI=1S/C12H19BrN2O/c13-11-5-8-16-12(11)9-15-7-2-1-3-10(15)4-6-14/h5,8,10H,1-4,6-7,9,14H2. The molecule has 0 amide bonds. The van der Waals surface area contributed by atoms with Crippen LogP contribution in [0.15, 0.2) is 21.2 Å². The van der Waals surface area contributed by atoms with Crippen LogP contribution in [-0.2, 0) is 6.54 Å². The van der Waals surface area contributed by atoms with Gasteiger partial charge in [-0.2, -0.15) is 0 Å². The molecule has 1 aromatic rings. The molecule has 1 saturated heterocycles. The van der Waals surface area contributed by atoms with Crippen LogP contribution in [0.3, 0.4) is 0 Å². The number of nitrogens with zero attached hydrogens (tertiary/aromatic N) is 1. The molecule has 1 unspecified atom stereocenters. The highest BCUT2D eigenvalue weighted by molar-refractivity contribution is 9.10. The van der Waals surface area contributed by atoms with Crippen molar-refractivity contribution >= 4 is 15.9 Å². The third-order valence-electron chi connectivity index (χ3n) is 3.29. The van der Waals surface area contributed by atoms with Crippen molar-refractivity contribution in [2.45, 2.75) is 38.3 Å². The number of hydrogen-bond donors (Lipinski definition) is 1. The zero-order chi connectivity index (χ0) is 11.4. The van der Waals surface area contributed by atoms with Gasteiger partial charge in [0.15, 0.2) is 0 Å². The van der Waals surface area contributed by atoms with Gasteiger partial charge in [-0.3, -0.25) is 4.90 Å². The van der Waals surface area contributed by atoms with Crippen molar-refractivity contribution in [2.75, 3.05) is 13.1 Å². The summed E-state index contributed by atoms with van der Waals surface area (Å²) in [4.78, 5) is 2.50. The Morgan fingerprint density at radius 3 is 3.06 bits per heavy atom. The van der Waals surface area contributed by atoms with Crippen LogP contribution in [0, 0.1) is 0 Å². The summed E-state index contributed by atoms with van der Waals surface area (Å²) in [6, 6.07) is 2.59.